The average molecular weight is 336 g/mol. The Morgan fingerprint density at radius 1 is 1.33 bits per heavy atom. The molecule has 24 heavy (non-hydrogen) atoms. The van der Waals surface area contributed by atoms with Crippen LogP contribution in [-0.2, 0) is 9.53 Å². The van der Waals surface area contributed by atoms with Crippen molar-refractivity contribution in [2.75, 3.05) is 13.1 Å². The van der Waals surface area contributed by atoms with Crippen molar-refractivity contribution in [3.05, 3.63) is 35.4 Å². The van der Waals surface area contributed by atoms with Crippen molar-refractivity contribution >= 4 is 12.0 Å². The lowest BCUT2D eigenvalue weighted by Crippen LogP contribution is -2.48. The van der Waals surface area contributed by atoms with E-state index in [0.29, 0.717) is 18.7 Å². The Kier molecular flexibility index (Phi) is 5.88. The minimum absolute atomic E-state index is 0.0150. The van der Waals surface area contributed by atoms with Crippen LogP contribution in [0, 0.1) is 11.3 Å². The number of ether oxygens (including phenoxy) is 2. The quantitative estimate of drug-likeness (QED) is 0.626. The standard InChI is InChI=1S/C17H18F2N2O3/c1-11-9-21(10-12(2)23-11)16(22)14(8-20)7-13-3-5-15(6-4-13)24-17(18)19/h3-7,11-12,17H,9-10H2,1-2H3/b14-7+/t11-,12+. The molecule has 0 unspecified atom stereocenters. The molecule has 1 aliphatic rings. The highest BCUT2D eigenvalue weighted by molar-refractivity contribution is 6.01. The van der Waals surface area contributed by atoms with Crippen molar-refractivity contribution in [3.8, 4) is 11.8 Å². The van der Waals surface area contributed by atoms with Gasteiger partial charge in [0.05, 0.1) is 12.2 Å². The van der Waals surface area contributed by atoms with Gasteiger partial charge in [0.15, 0.2) is 0 Å². The molecule has 1 saturated heterocycles. The number of nitriles is 1. The molecule has 0 N–H and O–H groups in total. The molecule has 0 aliphatic carbocycles. The van der Waals surface area contributed by atoms with Crippen LogP contribution in [0.1, 0.15) is 19.4 Å². The minimum atomic E-state index is -2.90. The monoisotopic (exact) mass is 336 g/mol. The Balaban J connectivity index is 2.13. The number of hydrogen-bond donors (Lipinski definition) is 0. The second-order valence-corrected chi connectivity index (χ2v) is 5.58. The van der Waals surface area contributed by atoms with Gasteiger partial charge in [-0.2, -0.15) is 14.0 Å². The van der Waals surface area contributed by atoms with E-state index in [2.05, 4.69) is 4.74 Å². The van der Waals surface area contributed by atoms with Gasteiger partial charge in [0.2, 0.25) is 0 Å². The van der Waals surface area contributed by atoms with E-state index in [1.54, 1.807) is 4.90 Å². The summed E-state index contributed by atoms with van der Waals surface area (Å²) in [5, 5.41) is 9.27. The van der Waals surface area contributed by atoms with E-state index < -0.39 is 6.61 Å². The normalized spacial score (nSPS) is 21.5. The summed E-state index contributed by atoms with van der Waals surface area (Å²) < 4.78 is 34.1. The fourth-order valence-electron chi connectivity index (χ4n) is 2.57. The van der Waals surface area contributed by atoms with Crippen molar-refractivity contribution in [1.82, 2.24) is 4.90 Å². The van der Waals surface area contributed by atoms with Gasteiger partial charge in [0.25, 0.3) is 5.91 Å². The number of benzene rings is 1. The Hall–Kier alpha value is -2.46. The predicted molar refractivity (Wildman–Crippen MR) is 83.3 cm³/mol. The third kappa shape index (κ3) is 4.77. The first-order valence-corrected chi connectivity index (χ1v) is 7.50. The number of rotatable bonds is 4. The van der Waals surface area contributed by atoms with Crippen LogP contribution >= 0.6 is 0 Å². The molecule has 0 saturated carbocycles. The number of carbonyl (C=O) groups is 1. The highest BCUT2D eigenvalue weighted by Crippen LogP contribution is 2.18. The number of hydrogen-bond acceptors (Lipinski definition) is 4. The third-order valence-corrected chi connectivity index (χ3v) is 3.47. The molecule has 1 aromatic rings. The van der Waals surface area contributed by atoms with Gasteiger partial charge in [-0.15, -0.1) is 0 Å². The van der Waals surface area contributed by atoms with Gasteiger partial charge in [0.1, 0.15) is 17.4 Å². The van der Waals surface area contributed by atoms with Gasteiger partial charge < -0.3 is 14.4 Å². The van der Waals surface area contributed by atoms with E-state index in [9.17, 15) is 18.8 Å². The fraction of sp³-hybridized carbons (Fsp3) is 0.412. The molecule has 5 nitrogen and oxygen atoms in total. The minimum Gasteiger partial charge on any atom is -0.435 e. The fourth-order valence-corrected chi connectivity index (χ4v) is 2.57. The number of amides is 1. The summed E-state index contributed by atoms with van der Waals surface area (Å²) in [7, 11) is 0. The predicted octanol–water partition coefficient (Wildman–Crippen LogP) is 2.83. The largest absolute Gasteiger partial charge is 0.435 e. The number of halogens is 2. The van der Waals surface area contributed by atoms with Crippen LogP contribution in [0.3, 0.4) is 0 Å². The Morgan fingerprint density at radius 3 is 2.42 bits per heavy atom. The first-order valence-electron chi connectivity index (χ1n) is 7.50. The first-order chi connectivity index (χ1) is 11.4. The van der Waals surface area contributed by atoms with E-state index in [-0.39, 0.29) is 29.4 Å². The highest BCUT2D eigenvalue weighted by atomic mass is 19.3. The molecule has 0 spiro atoms. The van der Waals surface area contributed by atoms with Crippen LogP contribution in [0.4, 0.5) is 8.78 Å². The van der Waals surface area contributed by atoms with E-state index in [4.69, 9.17) is 4.74 Å². The molecule has 2 atom stereocenters. The van der Waals surface area contributed by atoms with Gasteiger partial charge in [-0.25, -0.2) is 0 Å². The number of nitrogens with zero attached hydrogens (tertiary/aromatic N) is 2. The molecule has 1 aliphatic heterocycles. The summed E-state index contributed by atoms with van der Waals surface area (Å²) in [6.45, 7) is 1.68. The van der Waals surface area contributed by atoms with Gasteiger partial charge in [-0.1, -0.05) is 12.1 Å². The molecule has 1 fully saturated rings. The topological polar surface area (TPSA) is 62.6 Å². The van der Waals surface area contributed by atoms with Crippen molar-refractivity contribution < 1.29 is 23.0 Å². The molecule has 0 bridgehead atoms. The molecule has 1 aromatic carbocycles. The summed E-state index contributed by atoms with van der Waals surface area (Å²) in [4.78, 5) is 14.1. The highest BCUT2D eigenvalue weighted by Gasteiger charge is 2.27. The van der Waals surface area contributed by atoms with Gasteiger partial charge in [0, 0.05) is 13.1 Å². The zero-order valence-electron chi connectivity index (χ0n) is 13.4. The molecule has 128 valence electrons. The molecular formula is C17H18F2N2O3. The number of alkyl halides is 2. The summed E-state index contributed by atoms with van der Waals surface area (Å²) in [5.41, 5.74) is 0.537. The summed E-state index contributed by atoms with van der Waals surface area (Å²) in [5.74, 6) is -0.352. The van der Waals surface area contributed by atoms with Gasteiger partial charge in [-0.3, -0.25) is 4.79 Å². The third-order valence-electron chi connectivity index (χ3n) is 3.47. The molecule has 0 radical (unpaired) electrons. The Labute approximate surface area is 139 Å². The average Bonchev–Trinajstić information content (AvgIpc) is 2.52. The zero-order chi connectivity index (χ0) is 17.7. The van der Waals surface area contributed by atoms with E-state index >= 15 is 0 Å². The molecular weight excluding hydrogens is 318 g/mol. The summed E-state index contributed by atoms with van der Waals surface area (Å²) >= 11 is 0. The van der Waals surface area contributed by atoms with E-state index in [0.717, 1.165) is 0 Å². The second-order valence-electron chi connectivity index (χ2n) is 5.58. The molecule has 1 heterocycles. The summed E-state index contributed by atoms with van der Waals surface area (Å²) in [6, 6.07) is 7.63. The van der Waals surface area contributed by atoms with E-state index in [1.165, 1.54) is 30.3 Å². The SMILES string of the molecule is C[C@@H]1CN(C(=O)/C(C#N)=C/c2ccc(OC(F)F)cc2)C[C@H](C)O1. The maximum atomic E-state index is 12.5. The van der Waals surface area contributed by atoms with Crippen molar-refractivity contribution in [2.24, 2.45) is 0 Å². The Morgan fingerprint density at radius 2 is 1.92 bits per heavy atom. The smallest absolute Gasteiger partial charge is 0.387 e. The lowest BCUT2D eigenvalue weighted by Gasteiger charge is -2.35. The van der Waals surface area contributed by atoms with E-state index in [1.807, 2.05) is 19.9 Å². The molecule has 2 rings (SSSR count). The van der Waals surface area contributed by atoms with Crippen molar-refractivity contribution in [3.63, 3.8) is 0 Å². The zero-order valence-corrected chi connectivity index (χ0v) is 13.4. The van der Waals surface area contributed by atoms with Crippen LogP contribution < -0.4 is 4.74 Å². The lowest BCUT2D eigenvalue weighted by molar-refractivity contribution is -0.138. The van der Waals surface area contributed by atoms with Gasteiger partial charge in [-0.05, 0) is 37.6 Å². The molecule has 0 aromatic heterocycles. The second kappa shape index (κ2) is 7.88. The maximum Gasteiger partial charge on any atom is 0.387 e. The lowest BCUT2D eigenvalue weighted by atomic mass is 10.1. The van der Waals surface area contributed by atoms with Crippen molar-refractivity contribution in [1.29, 1.82) is 5.26 Å². The van der Waals surface area contributed by atoms with Gasteiger partial charge >= 0.3 is 6.61 Å². The van der Waals surface area contributed by atoms with Crippen LogP contribution in [0.5, 0.6) is 5.75 Å². The van der Waals surface area contributed by atoms with Crippen LogP contribution in [0.15, 0.2) is 29.8 Å². The molecule has 1 amide bonds. The van der Waals surface area contributed by atoms with Crippen LogP contribution in [-0.4, -0.2) is 42.7 Å². The van der Waals surface area contributed by atoms with Crippen LogP contribution in [0.25, 0.3) is 6.08 Å². The van der Waals surface area contributed by atoms with Crippen molar-refractivity contribution in [2.45, 2.75) is 32.7 Å². The number of morpholine rings is 1. The maximum absolute atomic E-state index is 12.5. The Bertz CT molecular complexity index is 643. The summed E-state index contributed by atoms with van der Waals surface area (Å²) in [6.07, 6.45) is 1.24. The molecule has 7 heteroatoms. The first kappa shape index (κ1) is 17.9. The number of carbonyl (C=O) groups excluding carboxylic acids is 1. The van der Waals surface area contributed by atoms with Crippen LogP contribution in [0.2, 0.25) is 0 Å².